The number of benzene rings is 1. The summed E-state index contributed by atoms with van der Waals surface area (Å²) in [6, 6.07) is 5.65. The van der Waals surface area contributed by atoms with Gasteiger partial charge in [0.2, 0.25) is 0 Å². The number of ether oxygens (including phenoxy) is 1. The lowest BCUT2D eigenvalue weighted by Crippen LogP contribution is -2.42. The first kappa shape index (κ1) is 17.6. The van der Waals surface area contributed by atoms with E-state index in [4.69, 9.17) is 10.5 Å². The summed E-state index contributed by atoms with van der Waals surface area (Å²) in [6.45, 7) is 0.497. The van der Waals surface area contributed by atoms with E-state index in [-0.39, 0.29) is 23.9 Å². The van der Waals surface area contributed by atoms with Crippen molar-refractivity contribution >= 4 is 11.5 Å². The van der Waals surface area contributed by atoms with Gasteiger partial charge in [-0.1, -0.05) is 0 Å². The normalized spacial score (nSPS) is 10.7. The van der Waals surface area contributed by atoms with Crippen molar-refractivity contribution in [2.24, 2.45) is 7.05 Å². The molecule has 0 saturated carbocycles. The highest BCUT2D eigenvalue weighted by atomic mass is 19.1. The van der Waals surface area contributed by atoms with E-state index in [9.17, 15) is 14.0 Å². The van der Waals surface area contributed by atoms with Crippen molar-refractivity contribution in [3.8, 4) is 5.75 Å². The first-order chi connectivity index (χ1) is 11.3. The van der Waals surface area contributed by atoms with E-state index in [2.05, 4.69) is 0 Å². The number of nitrogens with zero attached hydrogens (tertiary/aromatic N) is 3. The molecule has 0 amide bonds. The second-order valence-corrected chi connectivity index (χ2v) is 5.58. The molecule has 7 nitrogen and oxygen atoms in total. The summed E-state index contributed by atoms with van der Waals surface area (Å²) in [5.41, 5.74) is 5.23. The van der Waals surface area contributed by atoms with E-state index in [1.165, 1.54) is 35.9 Å². The smallest absolute Gasteiger partial charge is 0.332 e. The van der Waals surface area contributed by atoms with Gasteiger partial charge in [-0.25, -0.2) is 9.18 Å². The number of nitrogens with two attached hydrogens (primary N) is 1. The van der Waals surface area contributed by atoms with Gasteiger partial charge >= 0.3 is 5.69 Å². The van der Waals surface area contributed by atoms with Crippen LogP contribution >= 0.6 is 0 Å². The zero-order chi connectivity index (χ0) is 17.9. The van der Waals surface area contributed by atoms with Crippen LogP contribution in [0, 0.1) is 5.82 Å². The fraction of sp³-hybridized carbons (Fsp3) is 0.375. The van der Waals surface area contributed by atoms with Gasteiger partial charge in [0.1, 0.15) is 23.1 Å². The van der Waals surface area contributed by atoms with E-state index in [0.29, 0.717) is 18.8 Å². The number of hydrogen-bond donors (Lipinski definition) is 1. The van der Waals surface area contributed by atoms with Gasteiger partial charge in [0, 0.05) is 27.7 Å². The predicted molar refractivity (Wildman–Crippen MR) is 91.2 cm³/mol. The highest BCUT2D eigenvalue weighted by Crippen LogP contribution is 2.13. The van der Waals surface area contributed by atoms with Gasteiger partial charge in [-0.15, -0.1) is 0 Å². The van der Waals surface area contributed by atoms with Crippen LogP contribution in [0.15, 0.2) is 33.9 Å². The molecule has 0 spiro atoms. The number of anilines is 2. The van der Waals surface area contributed by atoms with Crippen molar-refractivity contribution in [3.63, 3.8) is 0 Å². The van der Waals surface area contributed by atoms with E-state index >= 15 is 0 Å². The highest BCUT2D eigenvalue weighted by molar-refractivity contribution is 5.61. The molecule has 0 radical (unpaired) electrons. The van der Waals surface area contributed by atoms with Crippen LogP contribution in [0.2, 0.25) is 0 Å². The third-order valence-corrected chi connectivity index (χ3v) is 3.63. The van der Waals surface area contributed by atoms with Gasteiger partial charge in [-0.2, -0.15) is 0 Å². The minimum atomic E-state index is -0.468. The predicted octanol–water partition coefficient (Wildman–Crippen LogP) is 0.803. The van der Waals surface area contributed by atoms with Gasteiger partial charge < -0.3 is 15.4 Å². The maximum atomic E-state index is 12.8. The fourth-order valence-corrected chi connectivity index (χ4v) is 2.33. The zero-order valence-electron chi connectivity index (χ0n) is 14.0. The highest BCUT2D eigenvalue weighted by Gasteiger charge is 2.16. The molecule has 2 N–H and O–H groups in total. The molecule has 0 aliphatic carbocycles. The number of nitrogen functional groups attached to an aromatic ring is 1. The monoisotopic (exact) mass is 336 g/mol. The van der Waals surface area contributed by atoms with Crippen molar-refractivity contribution in [2.75, 3.05) is 31.3 Å². The summed E-state index contributed by atoms with van der Waals surface area (Å²) in [7, 11) is 4.91. The fourth-order valence-electron chi connectivity index (χ4n) is 2.33. The summed E-state index contributed by atoms with van der Waals surface area (Å²) in [4.78, 5) is 26.3. The Morgan fingerprint density at radius 2 is 1.83 bits per heavy atom. The van der Waals surface area contributed by atoms with Gasteiger partial charge in [0.05, 0.1) is 6.61 Å². The first-order valence-corrected chi connectivity index (χ1v) is 7.48. The van der Waals surface area contributed by atoms with Gasteiger partial charge in [0.15, 0.2) is 0 Å². The molecule has 8 heteroatoms. The molecule has 130 valence electrons. The van der Waals surface area contributed by atoms with Crippen molar-refractivity contribution in [1.29, 1.82) is 0 Å². The van der Waals surface area contributed by atoms with E-state index in [0.717, 1.165) is 4.57 Å². The molecule has 2 aromatic rings. The zero-order valence-corrected chi connectivity index (χ0v) is 14.0. The summed E-state index contributed by atoms with van der Waals surface area (Å²) >= 11 is 0. The number of aromatic nitrogens is 2. The molecular weight excluding hydrogens is 315 g/mol. The minimum absolute atomic E-state index is 0.133. The standard InChI is InChI=1S/C16H21FN4O3/c1-19(2)13-14(18)20(3)16(23)21(15(13)22)9-4-10-24-12-7-5-11(17)6-8-12/h5-8H,4,9-10,18H2,1-3H3. The number of halogens is 1. The van der Waals surface area contributed by atoms with Gasteiger partial charge in [-0.3, -0.25) is 13.9 Å². The van der Waals surface area contributed by atoms with Gasteiger partial charge in [-0.05, 0) is 30.7 Å². The molecule has 0 saturated heterocycles. The molecule has 1 aromatic carbocycles. The quantitative estimate of drug-likeness (QED) is 0.789. The Balaban J connectivity index is 2.11. The molecular formula is C16H21FN4O3. The second kappa shape index (κ2) is 7.20. The van der Waals surface area contributed by atoms with Crippen molar-refractivity contribution in [3.05, 3.63) is 50.9 Å². The number of hydrogen-bond acceptors (Lipinski definition) is 5. The van der Waals surface area contributed by atoms with Crippen LogP contribution in [0.3, 0.4) is 0 Å². The third kappa shape index (κ3) is 3.58. The Morgan fingerprint density at radius 1 is 1.21 bits per heavy atom. The molecule has 0 aliphatic heterocycles. The van der Waals surface area contributed by atoms with E-state index in [1.807, 2.05) is 0 Å². The van der Waals surface area contributed by atoms with Gasteiger partial charge in [0.25, 0.3) is 5.56 Å². The van der Waals surface area contributed by atoms with Crippen molar-refractivity contribution in [2.45, 2.75) is 13.0 Å². The van der Waals surface area contributed by atoms with Crippen molar-refractivity contribution in [1.82, 2.24) is 9.13 Å². The van der Waals surface area contributed by atoms with Crippen LogP contribution in [0.4, 0.5) is 15.9 Å². The SMILES string of the molecule is CN(C)c1c(N)n(C)c(=O)n(CCCOc2ccc(F)cc2)c1=O. The Kier molecular flexibility index (Phi) is 5.28. The molecule has 2 rings (SSSR count). The summed E-state index contributed by atoms with van der Waals surface area (Å²) in [6.07, 6.45) is 0.448. The van der Waals surface area contributed by atoms with E-state index < -0.39 is 11.2 Å². The van der Waals surface area contributed by atoms with E-state index in [1.54, 1.807) is 19.0 Å². The van der Waals surface area contributed by atoms with Crippen LogP contribution in [0.1, 0.15) is 6.42 Å². The molecule has 0 unspecified atom stereocenters. The van der Waals surface area contributed by atoms with Crippen LogP contribution in [0.25, 0.3) is 0 Å². The maximum absolute atomic E-state index is 12.8. The Hall–Kier alpha value is -2.77. The average molecular weight is 336 g/mol. The summed E-state index contributed by atoms with van der Waals surface area (Å²) < 4.78 is 20.7. The number of rotatable bonds is 6. The molecule has 24 heavy (non-hydrogen) atoms. The Labute approximate surface area is 138 Å². The molecule has 0 aliphatic rings. The Bertz CT molecular complexity index is 825. The second-order valence-electron chi connectivity index (χ2n) is 5.58. The third-order valence-electron chi connectivity index (χ3n) is 3.63. The topological polar surface area (TPSA) is 82.5 Å². The lowest BCUT2D eigenvalue weighted by Gasteiger charge is -2.18. The van der Waals surface area contributed by atoms with Crippen LogP contribution in [-0.4, -0.2) is 29.8 Å². The molecule has 1 aromatic heterocycles. The van der Waals surface area contributed by atoms with Crippen LogP contribution in [0.5, 0.6) is 5.75 Å². The van der Waals surface area contributed by atoms with Crippen LogP contribution < -0.4 is 26.6 Å². The minimum Gasteiger partial charge on any atom is -0.494 e. The summed E-state index contributed by atoms with van der Waals surface area (Å²) in [5.74, 6) is 0.326. The molecule has 0 atom stereocenters. The molecule has 0 bridgehead atoms. The van der Waals surface area contributed by atoms with Crippen molar-refractivity contribution < 1.29 is 9.13 Å². The Morgan fingerprint density at radius 3 is 2.42 bits per heavy atom. The molecule has 1 heterocycles. The lowest BCUT2D eigenvalue weighted by atomic mass is 10.3. The maximum Gasteiger partial charge on any atom is 0.332 e. The molecule has 0 fully saturated rings. The van der Waals surface area contributed by atoms with Crippen LogP contribution in [-0.2, 0) is 13.6 Å². The largest absolute Gasteiger partial charge is 0.494 e. The average Bonchev–Trinajstić information content (AvgIpc) is 2.53. The summed E-state index contributed by atoms with van der Waals surface area (Å²) in [5, 5.41) is 0. The first-order valence-electron chi connectivity index (χ1n) is 7.48. The lowest BCUT2D eigenvalue weighted by molar-refractivity contribution is 0.299.